The van der Waals surface area contributed by atoms with Crippen molar-refractivity contribution in [2.24, 2.45) is 0 Å². The third-order valence-corrected chi connectivity index (χ3v) is 3.28. The predicted octanol–water partition coefficient (Wildman–Crippen LogP) is 3.40. The van der Waals surface area contributed by atoms with Crippen molar-refractivity contribution in [3.05, 3.63) is 24.5 Å². The van der Waals surface area contributed by atoms with Gasteiger partial charge in [0.1, 0.15) is 0 Å². The van der Waals surface area contributed by atoms with E-state index in [9.17, 15) is 4.79 Å². The Bertz CT molecular complexity index is 565. The Balaban J connectivity index is 2.14. The van der Waals surface area contributed by atoms with Crippen LogP contribution in [0.5, 0.6) is 0 Å². The number of fused-ring (bicyclic) bond motifs is 1. The van der Waals surface area contributed by atoms with E-state index in [-0.39, 0.29) is 5.91 Å². The van der Waals surface area contributed by atoms with Gasteiger partial charge in [0.15, 0.2) is 0 Å². The molecule has 1 aromatic heterocycles. The first-order chi connectivity index (χ1) is 9.24. The van der Waals surface area contributed by atoms with Gasteiger partial charge in [0.2, 0.25) is 5.91 Å². The predicted molar refractivity (Wildman–Crippen MR) is 78.6 cm³/mol. The maximum atomic E-state index is 11.3. The van der Waals surface area contributed by atoms with E-state index in [1.807, 2.05) is 31.5 Å². The fourth-order valence-electron chi connectivity index (χ4n) is 1.95. The molecule has 0 saturated carbocycles. The number of anilines is 1. The average molecular weight is 280 g/mol. The van der Waals surface area contributed by atoms with Crippen molar-refractivity contribution in [2.75, 3.05) is 11.2 Å². The number of nitrogens with zero attached hydrogens (tertiary/aromatic N) is 2. The highest BCUT2D eigenvalue weighted by Gasteiger charge is 2.05. The number of alkyl halides is 1. The van der Waals surface area contributed by atoms with Gasteiger partial charge in [0, 0.05) is 24.5 Å². The molecule has 0 radical (unpaired) electrons. The average Bonchev–Trinajstić information content (AvgIpc) is 2.81. The normalized spacial score (nSPS) is 10.8. The molecule has 2 rings (SSSR count). The zero-order chi connectivity index (χ0) is 13.7. The second kappa shape index (κ2) is 6.57. The topological polar surface area (TPSA) is 46.9 Å². The summed E-state index contributed by atoms with van der Waals surface area (Å²) >= 11 is 5.68. The lowest BCUT2D eigenvalue weighted by molar-refractivity contribution is -0.115. The first-order valence-electron chi connectivity index (χ1n) is 6.55. The van der Waals surface area contributed by atoms with Gasteiger partial charge in [-0.15, -0.1) is 11.6 Å². The fourth-order valence-corrected chi connectivity index (χ4v) is 2.13. The van der Waals surface area contributed by atoms with Gasteiger partial charge in [-0.3, -0.25) is 4.79 Å². The molecule has 0 spiro atoms. The van der Waals surface area contributed by atoms with Crippen molar-refractivity contribution >= 4 is 34.2 Å². The Morgan fingerprint density at radius 2 is 2.26 bits per heavy atom. The molecule has 0 fully saturated rings. The minimum atomic E-state index is 0.0147. The molecule has 0 aliphatic rings. The van der Waals surface area contributed by atoms with Crippen LogP contribution in [0.25, 0.3) is 11.0 Å². The summed E-state index contributed by atoms with van der Waals surface area (Å²) in [6, 6.07) is 5.81. The molecule has 4 nitrogen and oxygen atoms in total. The highest BCUT2D eigenvalue weighted by molar-refractivity contribution is 6.17. The van der Waals surface area contributed by atoms with Crippen LogP contribution < -0.4 is 5.32 Å². The summed E-state index contributed by atoms with van der Waals surface area (Å²) in [5.74, 6) is 0.709. The number of halogens is 1. The molecule has 0 unspecified atom stereocenters. The summed E-state index contributed by atoms with van der Waals surface area (Å²) < 4.78 is 2.12. The zero-order valence-electron chi connectivity index (χ0n) is 11.0. The van der Waals surface area contributed by atoms with Crippen LogP contribution in [0.3, 0.4) is 0 Å². The third kappa shape index (κ3) is 3.47. The molecule has 0 saturated heterocycles. The Morgan fingerprint density at radius 3 is 3.00 bits per heavy atom. The monoisotopic (exact) mass is 279 g/mol. The van der Waals surface area contributed by atoms with Crippen LogP contribution in [0, 0.1) is 0 Å². The lowest BCUT2D eigenvalue weighted by Gasteiger charge is -2.05. The summed E-state index contributed by atoms with van der Waals surface area (Å²) in [5.41, 5.74) is 2.79. The molecule has 2 aromatic rings. The van der Waals surface area contributed by atoms with Gasteiger partial charge in [-0.1, -0.05) is 6.92 Å². The molecule has 0 atom stereocenters. The van der Waals surface area contributed by atoms with Gasteiger partial charge < -0.3 is 9.88 Å². The standard InChI is InChI=1S/C14H18ClN3O/c1-2-14(19)17-11-5-6-13-12(9-11)16-10-18(13)8-4-3-7-15/h5-6,9-10H,2-4,7-8H2,1H3,(H,17,19). The third-order valence-electron chi connectivity index (χ3n) is 3.01. The van der Waals surface area contributed by atoms with E-state index in [1.165, 1.54) is 0 Å². The molecule has 1 heterocycles. The highest BCUT2D eigenvalue weighted by atomic mass is 35.5. The molecular weight excluding hydrogens is 262 g/mol. The Hall–Kier alpha value is -1.55. The number of hydrogen-bond acceptors (Lipinski definition) is 2. The number of nitrogens with one attached hydrogen (secondary N) is 1. The quantitative estimate of drug-likeness (QED) is 0.651. The van der Waals surface area contributed by atoms with Crippen molar-refractivity contribution in [1.82, 2.24) is 9.55 Å². The number of amides is 1. The smallest absolute Gasteiger partial charge is 0.224 e. The number of rotatable bonds is 6. The van der Waals surface area contributed by atoms with Crippen LogP contribution in [-0.2, 0) is 11.3 Å². The SMILES string of the molecule is CCC(=O)Nc1ccc2c(c1)ncn2CCCCCl. The number of benzene rings is 1. The van der Waals surface area contributed by atoms with E-state index in [1.54, 1.807) is 0 Å². The summed E-state index contributed by atoms with van der Waals surface area (Å²) in [5, 5.41) is 2.84. The molecule has 1 amide bonds. The number of imidazole rings is 1. The van der Waals surface area contributed by atoms with Gasteiger partial charge in [-0.25, -0.2) is 4.98 Å². The molecule has 1 N–H and O–H groups in total. The van der Waals surface area contributed by atoms with Crippen LogP contribution in [0.4, 0.5) is 5.69 Å². The minimum Gasteiger partial charge on any atom is -0.331 e. The number of aromatic nitrogens is 2. The molecule has 0 aliphatic heterocycles. The largest absolute Gasteiger partial charge is 0.331 e. The van der Waals surface area contributed by atoms with Crippen molar-refractivity contribution in [3.63, 3.8) is 0 Å². The Kier molecular flexibility index (Phi) is 4.80. The number of unbranched alkanes of at least 4 members (excludes halogenated alkanes) is 1. The van der Waals surface area contributed by atoms with Crippen molar-refractivity contribution in [2.45, 2.75) is 32.7 Å². The lowest BCUT2D eigenvalue weighted by atomic mass is 10.2. The maximum Gasteiger partial charge on any atom is 0.224 e. The van der Waals surface area contributed by atoms with E-state index in [4.69, 9.17) is 11.6 Å². The van der Waals surface area contributed by atoms with E-state index >= 15 is 0 Å². The Morgan fingerprint density at radius 1 is 1.42 bits per heavy atom. The summed E-state index contributed by atoms with van der Waals surface area (Å²) in [4.78, 5) is 15.7. The minimum absolute atomic E-state index is 0.0147. The van der Waals surface area contributed by atoms with Crippen LogP contribution in [-0.4, -0.2) is 21.3 Å². The summed E-state index contributed by atoms with van der Waals surface area (Å²) in [6.45, 7) is 2.75. The van der Waals surface area contributed by atoms with Gasteiger partial charge >= 0.3 is 0 Å². The first kappa shape index (κ1) is 13.9. The fraction of sp³-hybridized carbons (Fsp3) is 0.429. The van der Waals surface area contributed by atoms with Gasteiger partial charge in [0.05, 0.1) is 17.4 Å². The van der Waals surface area contributed by atoms with Crippen LogP contribution in [0.2, 0.25) is 0 Å². The molecule has 0 aliphatic carbocycles. The molecule has 19 heavy (non-hydrogen) atoms. The van der Waals surface area contributed by atoms with Gasteiger partial charge in [-0.05, 0) is 31.0 Å². The Labute approximate surface area is 117 Å². The van der Waals surface area contributed by atoms with E-state index in [0.29, 0.717) is 12.3 Å². The molecular formula is C14H18ClN3O. The molecule has 5 heteroatoms. The number of hydrogen-bond donors (Lipinski definition) is 1. The highest BCUT2D eigenvalue weighted by Crippen LogP contribution is 2.19. The number of carbonyl (C=O) groups is 1. The van der Waals surface area contributed by atoms with Crippen LogP contribution in [0.15, 0.2) is 24.5 Å². The summed E-state index contributed by atoms with van der Waals surface area (Å²) in [6.07, 6.45) is 4.37. The molecule has 0 bridgehead atoms. The van der Waals surface area contributed by atoms with Crippen LogP contribution in [0.1, 0.15) is 26.2 Å². The number of carbonyl (C=O) groups excluding carboxylic acids is 1. The maximum absolute atomic E-state index is 11.3. The van der Waals surface area contributed by atoms with Crippen molar-refractivity contribution < 1.29 is 4.79 Å². The molecule has 1 aromatic carbocycles. The lowest BCUT2D eigenvalue weighted by Crippen LogP contribution is -2.09. The number of aryl methyl sites for hydroxylation is 1. The second-order valence-corrected chi connectivity index (χ2v) is 4.82. The van der Waals surface area contributed by atoms with E-state index < -0.39 is 0 Å². The van der Waals surface area contributed by atoms with Gasteiger partial charge in [0.25, 0.3) is 0 Å². The molecule has 102 valence electrons. The summed E-state index contributed by atoms with van der Waals surface area (Å²) in [7, 11) is 0. The first-order valence-corrected chi connectivity index (χ1v) is 7.08. The van der Waals surface area contributed by atoms with Crippen LogP contribution >= 0.6 is 11.6 Å². The van der Waals surface area contributed by atoms with Gasteiger partial charge in [-0.2, -0.15) is 0 Å². The van der Waals surface area contributed by atoms with Crippen molar-refractivity contribution in [3.8, 4) is 0 Å². The van der Waals surface area contributed by atoms with E-state index in [2.05, 4.69) is 14.9 Å². The van der Waals surface area contributed by atoms with Crippen molar-refractivity contribution in [1.29, 1.82) is 0 Å². The zero-order valence-corrected chi connectivity index (χ0v) is 11.8. The van der Waals surface area contributed by atoms with E-state index in [0.717, 1.165) is 36.1 Å². The second-order valence-electron chi connectivity index (χ2n) is 4.44.